The average Bonchev–Trinajstić information content (AvgIpc) is 3.83. The van der Waals surface area contributed by atoms with Gasteiger partial charge < -0.3 is 60.6 Å². The number of nitrogens with one attached hydrogen (secondary N) is 1. The lowest BCUT2D eigenvalue weighted by Crippen LogP contribution is -2.49. The number of aliphatic hydroxyl groups excluding tert-OH is 1. The summed E-state index contributed by atoms with van der Waals surface area (Å²) in [4.78, 5) is 83.8. The third kappa shape index (κ3) is 12.0. The van der Waals surface area contributed by atoms with Gasteiger partial charge in [-0.2, -0.15) is 13.8 Å². The minimum atomic E-state index is -5.60. The largest absolute Gasteiger partial charge is 0.472 e. The van der Waals surface area contributed by atoms with E-state index in [-0.39, 0.29) is 35.6 Å². The molecule has 10 atom stereocenters. The number of anilines is 2. The Morgan fingerprint density at radius 2 is 1.81 bits per heavy atom. The van der Waals surface area contributed by atoms with Crippen LogP contribution < -0.4 is 22.5 Å². The van der Waals surface area contributed by atoms with Gasteiger partial charge in [-0.05, 0) is 19.4 Å². The summed E-state index contributed by atoms with van der Waals surface area (Å²) in [6.45, 7) is -0.932. The molecule has 63 heavy (non-hydrogen) atoms. The van der Waals surface area contributed by atoms with Crippen LogP contribution in [0.1, 0.15) is 32.2 Å². The number of hydrogen-bond acceptors (Lipinski definition) is 20. The van der Waals surface area contributed by atoms with Crippen LogP contribution in [-0.4, -0.2) is 147 Å². The number of nitrogens with zero attached hydrogens (tertiary/aromatic N) is 6. The van der Waals surface area contributed by atoms with Gasteiger partial charge in [0.2, 0.25) is 5.91 Å². The van der Waals surface area contributed by atoms with Gasteiger partial charge in [-0.15, -0.1) is 6.58 Å². The Morgan fingerprint density at radius 1 is 1.11 bits per heavy atom. The number of carbonyl (C=O) groups is 2. The fourth-order valence-electron chi connectivity index (χ4n) is 6.20. The number of phosphoric acid groups is 2. The topological polar surface area (TPSA) is 377 Å². The van der Waals surface area contributed by atoms with E-state index in [1.807, 2.05) is 0 Å². The van der Waals surface area contributed by atoms with Crippen molar-refractivity contribution in [2.45, 2.75) is 86.7 Å². The minimum Gasteiger partial charge on any atom is -0.455 e. The van der Waals surface area contributed by atoms with E-state index >= 15 is 0 Å². The van der Waals surface area contributed by atoms with Crippen LogP contribution in [0.25, 0.3) is 11.2 Å². The molecule has 10 N–H and O–H groups in total. The molecule has 0 spiro atoms. The maximum atomic E-state index is 13.6. The van der Waals surface area contributed by atoms with Crippen molar-refractivity contribution in [2.24, 2.45) is 0 Å². The first kappa shape index (κ1) is 49.5. The Labute approximate surface area is 350 Å². The summed E-state index contributed by atoms with van der Waals surface area (Å²) >= 11 is 0. The molecule has 2 unspecified atom stereocenters. The lowest BCUT2D eigenvalue weighted by molar-refractivity contribution is -0.174. The Morgan fingerprint density at radius 3 is 2.46 bits per heavy atom. The van der Waals surface area contributed by atoms with Crippen molar-refractivity contribution < 1.29 is 93.7 Å². The highest BCUT2D eigenvalue weighted by Gasteiger charge is 2.58. The second-order valence-corrected chi connectivity index (χ2v) is 16.6. The first-order valence-electron chi connectivity index (χ1n) is 18.0. The Kier molecular flexibility index (Phi) is 15.5. The van der Waals surface area contributed by atoms with E-state index in [2.05, 4.69) is 41.1 Å². The zero-order chi connectivity index (χ0) is 46.7. The highest BCUT2D eigenvalue weighted by atomic mass is 31.2. The van der Waals surface area contributed by atoms with E-state index in [4.69, 9.17) is 34.7 Å². The van der Waals surface area contributed by atoms with Gasteiger partial charge in [-0.3, -0.25) is 27.5 Å². The highest BCUT2D eigenvalue weighted by Crippen LogP contribution is 2.52. The molecule has 350 valence electrons. The molecule has 0 saturated carbocycles. The van der Waals surface area contributed by atoms with Crippen molar-refractivity contribution in [1.82, 2.24) is 34.4 Å². The molecule has 3 aromatic rings. The second kappa shape index (κ2) is 19.7. The Hall–Kier alpha value is -4.55. The van der Waals surface area contributed by atoms with Gasteiger partial charge >= 0.3 is 39.7 Å². The molecule has 3 aromatic heterocycles. The quantitative estimate of drug-likeness (QED) is 0.0276. The van der Waals surface area contributed by atoms with E-state index in [1.54, 1.807) is 0 Å². The molecule has 2 saturated heterocycles. The number of aliphatic hydroxyl groups is 2. The number of imidazole rings is 1. The number of aromatic nitrogens is 6. The van der Waals surface area contributed by atoms with Gasteiger partial charge in [0.15, 0.2) is 36.1 Å². The Bertz CT molecular complexity index is 2290. The van der Waals surface area contributed by atoms with E-state index in [9.17, 15) is 66.0 Å². The molecule has 26 nitrogen and oxygen atoms in total. The summed E-state index contributed by atoms with van der Waals surface area (Å²) in [5.74, 6) is -7.41. The lowest BCUT2D eigenvalue weighted by atomic mass is 9.96. The van der Waals surface area contributed by atoms with Crippen molar-refractivity contribution in [3.8, 4) is 0 Å². The van der Waals surface area contributed by atoms with Crippen LogP contribution in [0, 0.1) is 0 Å². The standard InChI is InChI=1S/C31H41F4N9O17P2/c1-3-4-5-18(45)41-14(8-55-11-31(34,35)27(32)33)26(47)60-21-15(58-25(20(21)46)44-13-40-19-23(37)38-12-39-24(19)44)9-57-63(53,54)61-22-16(10-56-62(50,51)52)59-28(30(22,2)49)43-7-6-17(36)42-29(43)48/h3,6-7,12-16,20-22,25,27-28,46,49H,1,4-5,8-11H2,2H3,(H,41,45)(H,53,54)(H2,36,42,48)(H2,37,38,39)(H2,50,51,52)/t14-,15+,16+,20+,21+,22+,25+,28+,30?/m0/s1. The molecule has 5 rings (SSSR count). The zero-order valence-electron chi connectivity index (χ0n) is 32.4. The second-order valence-electron chi connectivity index (χ2n) is 13.9. The monoisotopic (exact) mass is 949 g/mol. The van der Waals surface area contributed by atoms with Crippen molar-refractivity contribution in [3.05, 3.63) is 48.1 Å². The van der Waals surface area contributed by atoms with E-state index in [0.29, 0.717) is 4.57 Å². The number of allylic oxidation sites excluding steroid dienone is 1. The van der Waals surface area contributed by atoms with Gasteiger partial charge in [0, 0.05) is 12.6 Å². The molecule has 5 heterocycles. The summed E-state index contributed by atoms with van der Waals surface area (Å²) < 4.78 is 116. The molecule has 0 radical (unpaired) electrons. The third-order valence-electron chi connectivity index (χ3n) is 9.19. The first-order chi connectivity index (χ1) is 29.3. The normalized spacial score (nSPS) is 26.7. The van der Waals surface area contributed by atoms with Gasteiger partial charge in [0.25, 0.3) is 0 Å². The van der Waals surface area contributed by atoms with E-state index < -0.39 is 127 Å². The van der Waals surface area contributed by atoms with Crippen LogP contribution in [0.3, 0.4) is 0 Å². The van der Waals surface area contributed by atoms with E-state index in [1.165, 1.54) is 6.08 Å². The first-order valence-corrected chi connectivity index (χ1v) is 21.1. The number of amides is 1. The number of nitrogens with two attached hydrogens (primary N) is 2. The third-order valence-corrected chi connectivity index (χ3v) is 10.6. The number of phosphoric ester groups is 2. The number of rotatable bonds is 21. The molecule has 2 aliphatic heterocycles. The van der Waals surface area contributed by atoms with Gasteiger partial charge in [-0.25, -0.2) is 42.5 Å². The van der Waals surface area contributed by atoms with Gasteiger partial charge in [0.1, 0.15) is 54.3 Å². The number of alkyl halides is 4. The molecule has 0 aliphatic carbocycles. The predicted molar refractivity (Wildman–Crippen MR) is 199 cm³/mol. The van der Waals surface area contributed by atoms with Crippen LogP contribution in [-0.2, 0) is 51.2 Å². The molecular formula is C31H41F4N9O17P2. The summed E-state index contributed by atoms with van der Waals surface area (Å²) in [5, 5.41) is 25.2. The van der Waals surface area contributed by atoms with Crippen LogP contribution in [0.15, 0.2) is 42.4 Å². The molecule has 0 aromatic carbocycles. The number of ether oxygens (including phenoxy) is 4. The average molecular weight is 950 g/mol. The molecule has 2 aliphatic rings. The number of carbonyl (C=O) groups excluding carboxylic acids is 2. The SMILES string of the molecule is C=CCCC(=O)N[C@@H](COCC(F)(F)C(F)F)C(=O)O[C@H]1[C@@H](O)[C@H](n2cnc3c(N)ncnc32)O[C@@H]1COP(=O)(O)O[C@@H]1[C@@H](COP(=O)(O)O)O[C@@H](n2ccc(N)nc2=O)C1(C)O. The fraction of sp³-hybridized carbons (Fsp3) is 0.581. The van der Waals surface area contributed by atoms with Crippen LogP contribution in [0.2, 0.25) is 0 Å². The number of hydrogen-bond donors (Lipinski definition) is 8. The maximum Gasteiger partial charge on any atom is 0.472 e. The van der Waals surface area contributed by atoms with Crippen molar-refractivity contribution >= 4 is 50.3 Å². The molecule has 32 heteroatoms. The minimum absolute atomic E-state index is 0.00768. The number of fused-ring (bicyclic) bond motifs is 1. The maximum absolute atomic E-state index is 13.6. The number of halogens is 4. The van der Waals surface area contributed by atoms with Crippen molar-refractivity contribution in [1.29, 1.82) is 0 Å². The van der Waals surface area contributed by atoms with Crippen LogP contribution >= 0.6 is 15.6 Å². The molecule has 0 bridgehead atoms. The van der Waals surface area contributed by atoms with Crippen molar-refractivity contribution in [3.63, 3.8) is 0 Å². The highest BCUT2D eigenvalue weighted by molar-refractivity contribution is 7.47. The molecule has 1 amide bonds. The van der Waals surface area contributed by atoms with Gasteiger partial charge in [-0.1, -0.05) is 6.08 Å². The van der Waals surface area contributed by atoms with Crippen LogP contribution in [0.5, 0.6) is 0 Å². The summed E-state index contributed by atoms with van der Waals surface area (Å²) in [7, 11) is -10.9. The smallest absolute Gasteiger partial charge is 0.455 e. The van der Waals surface area contributed by atoms with Crippen molar-refractivity contribution in [2.75, 3.05) is 37.9 Å². The zero-order valence-corrected chi connectivity index (χ0v) is 34.2. The van der Waals surface area contributed by atoms with E-state index in [0.717, 1.165) is 36.4 Å². The molecular weight excluding hydrogens is 908 g/mol. The summed E-state index contributed by atoms with van der Waals surface area (Å²) in [6, 6.07) is -0.874. The Balaban J connectivity index is 1.42. The predicted octanol–water partition coefficient (Wildman–Crippen LogP) is -0.954. The van der Waals surface area contributed by atoms with Gasteiger partial charge in [0.05, 0.1) is 26.1 Å². The lowest BCUT2D eigenvalue weighted by Gasteiger charge is -2.31. The number of nitrogen functional groups attached to an aromatic ring is 2. The fourth-order valence-corrected chi connectivity index (χ4v) is 7.58. The van der Waals surface area contributed by atoms with Crippen LogP contribution in [0.4, 0.5) is 29.2 Å². The summed E-state index contributed by atoms with van der Waals surface area (Å²) in [6.07, 6.45) is -13.2. The summed E-state index contributed by atoms with van der Waals surface area (Å²) in [5.41, 5.74) is 7.72. The number of esters is 1. The molecule has 2 fully saturated rings.